The zero-order valence-electron chi connectivity index (χ0n) is 10.7. The van der Waals surface area contributed by atoms with Crippen LogP contribution in [0, 0.1) is 0 Å². The number of fused-ring (bicyclic) bond motifs is 1. The monoisotopic (exact) mass is 300 g/mol. The summed E-state index contributed by atoms with van der Waals surface area (Å²) in [5.74, 6) is -1.29. The zero-order valence-corrected chi connectivity index (χ0v) is 11.4. The highest BCUT2D eigenvalue weighted by atomic mass is 35.5. The zero-order chi connectivity index (χ0) is 15.0. The summed E-state index contributed by atoms with van der Waals surface area (Å²) in [6.45, 7) is 0. The third kappa shape index (κ3) is 2.30. The number of hydrogen-bond donors (Lipinski definition) is 1. The van der Waals surface area contributed by atoms with Crippen LogP contribution in [0.25, 0.3) is 22.3 Å². The van der Waals surface area contributed by atoms with E-state index < -0.39 is 11.4 Å². The maximum absolute atomic E-state index is 12.4. The highest BCUT2D eigenvalue weighted by molar-refractivity contribution is 6.30. The second kappa shape index (κ2) is 5.07. The minimum atomic E-state index is -1.32. The number of carboxylic acids is 1. The molecular formula is C16H9ClO4. The van der Waals surface area contributed by atoms with E-state index in [0.717, 1.165) is 0 Å². The number of benzene rings is 2. The largest absolute Gasteiger partial charge is 0.477 e. The van der Waals surface area contributed by atoms with Crippen LogP contribution in [0.2, 0.25) is 5.02 Å². The Labute approximate surface area is 124 Å². The molecule has 3 rings (SSSR count). The van der Waals surface area contributed by atoms with Gasteiger partial charge in [0.1, 0.15) is 5.58 Å². The lowest BCUT2D eigenvalue weighted by molar-refractivity contribution is 0.0694. The number of carbonyl (C=O) groups is 1. The molecule has 2 aromatic carbocycles. The van der Waals surface area contributed by atoms with Gasteiger partial charge in [0.2, 0.25) is 5.43 Å². The summed E-state index contributed by atoms with van der Waals surface area (Å²) in [5.41, 5.74) is -0.109. The quantitative estimate of drug-likeness (QED) is 0.781. The molecule has 0 aliphatic rings. The molecule has 0 aliphatic carbocycles. The lowest BCUT2D eigenvalue weighted by Gasteiger charge is -2.07. The standard InChI is InChI=1S/C16H9ClO4/c17-10-7-5-9(6-8-10)15-13(16(19)20)14(18)11-3-1-2-4-12(11)21-15/h1-8H,(H,19,20). The molecule has 0 atom stereocenters. The molecule has 0 bridgehead atoms. The molecule has 0 unspecified atom stereocenters. The molecule has 3 aromatic rings. The molecule has 0 saturated carbocycles. The Balaban J connectivity index is 2.40. The smallest absolute Gasteiger partial charge is 0.343 e. The topological polar surface area (TPSA) is 67.5 Å². The van der Waals surface area contributed by atoms with Crippen LogP contribution in [0.3, 0.4) is 0 Å². The Hall–Kier alpha value is -2.59. The molecule has 1 N–H and O–H groups in total. The summed E-state index contributed by atoms with van der Waals surface area (Å²) in [7, 11) is 0. The normalized spacial score (nSPS) is 10.7. The predicted molar refractivity (Wildman–Crippen MR) is 79.9 cm³/mol. The van der Waals surface area contributed by atoms with E-state index >= 15 is 0 Å². The maximum atomic E-state index is 12.4. The van der Waals surface area contributed by atoms with Crippen molar-refractivity contribution in [3.8, 4) is 11.3 Å². The van der Waals surface area contributed by atoms with Gasteiger partial charge in [-0.3, -0.25) is 4.79 Å². The van der Waals surface area contributed by atoms with Crippen molar-refractivity contribution in [3.05, 3.63) is 69.3 Å². The first-order valence-corrected chi connectivity index (χ1v) is 6.51. The van der Waals surface area contributed by atoms with Gasteiger partial charge in [0, 0.05) is 10.6 Å². The Morgan fingerprint density at radius 3 is 2.38 bits per heavy atom. The van der Waals surface area contributed by atoms with Crippen LogP contribution in [0.5, 0.6) is 0 Å². The van der Waals surface area contributed by atoms with E-state index in [1.165, 1.54) is 0 Å². The SMILES string of the molecule is O=C(O)c1c(-c2ccc(Cl)cc2)oc2ccccc2c1=O. The van der Waals surface area contributed by atoms with E-state index in [-0.39, 0.29) is 16.7 Å². The van der Waals surface area contributed by atoms with Crippen molar-refractivity contribution in [1.82, 2.24) is 0 Å². The lowest BCUT2D eigenvalue weighted by Crippen LogP contribution is -2.16. The molecule has 0 spiro atoms. The first kappa shape index (κ1) is 13.4. The minimum absolute atomic E-state index is 0.0304. The molecule has 0 amide bonds. The molecule has 104 valence electrons. The van der Waals surface area contributed by atoms with E-state index in [1.807, 2.05) is 0 Å². The Morgan fingerprint density at radius 1 is 1.05 bits per heavy atom. The summed E-state index contributed by atoms with van der Waals surface area (Å²) in [6, 6.07) is 13.0. The number of aromatic carboxylic acids is 1. The third-order valence-corrected chi connectivity index (χ3v) is 3.37. The van der Waals surface area contributed by atoms with Gasteiger partial charge in [-0.15, -0.1) is 0 Å². The average molecular weight is 301 g/mol. The number of rotatable bonds is 2. The van der Waals surface area contributed by atoms with Crippen molar-refractivity contribution >= 4 is 28.5 Å². The van der Waals surface area contributed by atoms with Gasteiger partial charge in [0.25, 0.3) is 0 Å². The first-order valence-electron chi connectivity index (χ1n) is 6.13. The Bertz CT molecular complexity index is 894. The molecular weight excluding hydrogens is 292 g/mol. The van der Waals surface area contributed by atoms with Crippen LogP contribution < -0.4 is 5.43 Å². The molecule has 0 fully saturated rings. The highest BCUT2D eigenvalue weighted by Gasteiger charge is 2.21. The van der Waals surface area contributed by atoms with Crippen molar-refractivity contribution in [3.63, 3.8) is 0 Å². The first-order chi connectivity index (χ1) is 10.1. The van der Waals surface area contributed by atoms with Gasteiger partial charge in [-0.05, 0) is 36.4 Å². The van der Waals surface area contributed by atoms with E-state index in [9.17, 15) is 14.7 Å². The maximum Gasteiger partial charge on any atom is 0.343 e. The van der Waals surface area contributed by atoms with Crippen LogP contribution in [0.15, 0.2) is 57.7 Å². The van der Waals surface area contributed by atoms with Crippen molar-refractivity contribution in [1.29, 1.82) is 0 Å². The van der Waals surface area contributed by atoms with Gasteiger partial charge in [0.15, 0.2) is 11.3 Å². The molecule has 5 heteroatoms. The van der Waals surface area contributed by atoms with E-state index in [4.69, 9.17) is 16.0 Å². The van der Waals surface area contributed by atoms with Crippen LogP contribution in [0.4, 0.5) is 0 Å². The van der Waals surface area contributed by atoms with Gasteiger partial charge >= 0.3 is 5.97 Å². The number of hydrogen-bond acceptors (Lipinski definition) is 3. The summed E-state index contributed by atoms with van der Waals surface area (Å²) in [4.78, 5) is 23.8. The molecule has 0 aliphatic heterocycles. The van der Waals surface area contributed by atoms with E-state index in [0.29, 0.717) is 16.2 Å². The predicted octanol–water partition coefficient (Wildman–Crippen LogP) is 3.81. The van der Waals surface area contributed by atoms with E-state index in [2.05, 4.69) is 0 Å². The summed E-state index contributed by atoms with van der Waals surface area (Å²) in [5, 5.41) is 10.1. The van der Waals surface area contributed by atoms with Crippen molar-refractivity contribution in [2.24, 2.45) is 0 Å². The Morgan fingerprint density at radius 2 is 1.71 bits per heavy atom. The molecule has 0 radical (unpaired) electrons. The van der Waals surface area contributed by atoms with Gasteiger partial charge in [-0.2, -0.15) is 0 Å². The molecule has 1 aromatic heterocycles. The van der Waals surface area contributed by atoms with Crippen LogP contribution in [-0.2, 0) is 0 Å². The lowest BCUT2D eigenvalue weighted by atomic mass is 10.0. The van der Waals surface area contributed by atoms with Crippen LogP contribution in [-0.4, -0.2) is 11.1 Å². The van der Waals surface area contributed by atoms with Gasteiger partial charge < -0.3 is 9.52 Å². The van der Waals surface area contributed by atoms with E-state index in [1.54, 1.807) is 48.5 Å². The van der Waals surface area contributed by atoms with Crippen molar-refractivity contribution in [2.75, 3.05) is 0 Å². The third-order valence-electron chi connectivity index (χ3n) is 3.12. The molecule has 4 nitrogen and oxygen atoms in total. The summed E-state index contributed by atoms with van der Waals surface area (Å²) < 4.78 is 5.64. The second-order valence-corrected chi connectivity index (χ2v) is 4.88. The molecule has 1 heterocycles. The van der Waals surface area contributed by atoms with Gasteiger partial charge in [0.05, 0.1) is 5.39 Å². The molecule has 21 heavy (non-hydrogen) atoms. The highest BCUT2D eigenvalue weighted by Crippen LogP contribution is 2.27. The molecule has 0 saturated heterocycles. The number of carboxylic acid groups (broad SMARTS) is 1. The van der Waals surface area contributed by atoms with Gasteiger partial charge in [-0.1, -0.05) is 23.7 Å². The fourth-order valence-corrected chi connectivity index (χ4v) is 2.27. The fraction of sp³-hybridized carbons (Fsp3) is 0. The van der Waals surface area contributed by atoms with Gasteiger partial charge in [-0.25, -0.2) is 4.79 Å². The average Bonchev–Trinajstić information content (AvgIpc) is 2.47. The summed E-state index contributed by atoms with van der Waals surface area (Å²) in [6.07, 6.45) is 0. The van der Waals surface area contributed by atoms with Crippen molar-refractivity contribution < 1.29 is 14.3 Å². The summed E-state index contributed by atoms with van der Waals surface area (Å²) >= 11 is 5.82. The number of halogens is 1. The fourth-order valence-electron chi connectivity index (χ4n) is 2.14. The number of para-hydroxylation sites is 1. The minimum Gasteiger partial charge on any atom is -0.477 e. The van der Waals surface area contributed by atoms with Crippen molar-refractivity contribution in [2.45, 2.75) is 0 Å². The second-order valence-electron chi connectivity index (χ2n) is 4.44. The van der Waals surface area contributed by atoms with Crippen LogP contribution in [0.1, 0.15) is 10.4 Å². The van der Waals surface area contributed by atoms with Crippen LogP contribution >= 0.6 is 11.6 Å². The Kier molecular flexibility index (Phi) is 3.23.